The Kier molecular flexibility index (Phi) is 3.30. The third-order valence-electron chi connectivity index (χ3n) is 2.14. The average molecular weight is 228 g/mol. The van der Waals surface area contributed by atoms with E-state index in [9.17, 15) is 0 Å². The number of aromatic nitrogens is 2. The molecule has 5 heteroatoms. The Morgan fingerprint density at radius 1 is 1.12 bits per heavy atom. The van der Waals surface area contributed by atoms with Gasteiger partial charge in [-0.15, -0.1) is 5.16 Å². The number of anilines is 1. The van der Waals surface area contributed by atoms with Crippen LogP contribution in [0.15, 0.2) is 41.6 Å². The molecule has 0 radical (unpaired) electrons. The highest BCUT2D eigenvalue weighted by atomic mass is 16.6. The molecule has 0 saturated carbocycles. The molecular formula is C12H12N4O. The number of oxime groups is 1. The summed E-state index contributed by atoms with van der Waals surface area (Å²) in [6.45, 7) is 3.53. The van der Waals surface area contributed by atoms with Crippen LogP contribution in [0.5, 0.6) is 0 Å². The van der Waals surface area contributed by atoms with Crippen LogP contribution in [0.1, 0.15) is 5.69 Å². The minimum atomic E-state index is 0.291. The van der Waals surface area contributed by atoms with Crippen LogP contribution in [-0.2, 0) is 11.4 Å². The third kappa shape index (κ3) is 2.78. The minimum Gasteiger partial charge on any atom is -0.390 e. The molecule has 5 nitrogen and oxygen atoms in total. The summed E-state index contributed by atoms with van der Waals surface area (Å²) < 4.78 is 0. The lowest BCUT2D eigenvalue weighted by molar-refractivity contribution is 0.130. The number of nitrogens with two attached hydrogens (primary N) is 1. The van der Waals surface area contributed by atoms with Gasteiger partial charge in [-0.3, -0.25) is 0 Å². The van der Waals surface area contributed by atoms with Crippen molar-refractivity contribution in [2.24, 2.45) is 5.16 Å². The van der Waals surface area contributed by atoms with Crippen molar-refractivity contribution in [2.45, 2.75) is 6.61 Å². The predicted octanol–water partition coefficient (Wildman–Crippen LogP) is 1.86. The number of nitrogens with zero attached hydrogens (tertiary/aromatic N) is 3. The van der Waals surface area contributed by atoms with Gasteiger partial charge in [0.2, 0.25) is 0 Å². The summed E-state index contributed by atoms with van der Waals surface area (Å²) >= 11 is 0. The molecule has 2 heterocycles. The maximum absolute atomic E-state index is 5.63. The maximum Gasteiger partial charge on any atom is 0.159 e. The summed E-state index contributed by atoms with van der Waals surface area (Å²) in [5.74, 6) is 0.471. The van der Waals surface area contributed by atoms with Gasteiger partial charge in [-0.1, -0.05) is 12.1 Å². The fourth-order valence-electron chi connectivity index (χ4n) is 1.41. The van der Waals surface area contributed by atoms with Crippen LogP contribution in [0.2, 0.25) is 0 Å². The lowest BCUT2D eigenvalue weighted by atomic mass is 10.2. The zero-order valence-electron chi connectivity index (χ0n) is 9.21. The van der Waals surface area contributed by atoms with Gasteiger partial charge in [-0.25, -0.2) is 9.97 Å². The molecule has 0 aliphatic rings. The summed E-state index contributed by atoms with van der Waals surface area (Å²) in [4.78, 5) is 13.4. The minimum absolute atomic E-state index is 0.291. The molecule has 0 saturated heterocycles. The highest BCUT2D eigenvalue weighted by Gasteiger charge is 2.03. The van der Waals surface area contributed by atoms with E-state index in [1.807, 2.05) is 30.3 Å². The van der Waals surface area contributed by atoms with Crippen molar-refractivity contribution in [3.05, 3.63) is 42.1 Å². The maximum atomic E-state index is 5.63. The van der Waals surface area contributed by atoms with Gasteiger partial charge >= 0.3 is 0 Å². The molecule has 2 aromatic rings. The van der Waals surface area contributed by atoms with Crippen molar-refractivity contribution < 1.29 is 4.84 Å². The van der Waals surface area contributed by atoms with E-state index in [0.717, 1.165) is 17.1 Å². The smallest absolute Gasteiger partial charge is 0.159 e. The second-order valence-electron chi connectivity index (χ2n) is 3.36. The summed E-state index contributed by atoms with van der Waals surface area (Å²) in [7, 11) is 0. The number of pyridine rings is 2. The van der Waals surface area contributed by atoms with Crippen LogP contribution >= 0.6 is 0 Å². The first-order chi connectivity index (χ1) is 8.29. The van der Waals surface area contributed by atoms with E-state index in [-0.39, 0.29) is 0 Å². The fourth-order valence-corrected chi connectivity index (χ4v) is 1.41. The first kappa shape index (κ1) is 11.1. The summed E-state index contributed by atoms with van der Waals surface area (Å²) in [5.41, 5.74) is 7.88. The number of hydrogen-bond donors (Lipinski definition) is 1. The Hall–Kier alpha value is -2.43. The van der Waals surface area contributed by atoms with Gasteiger partial charge in [-0.2, -0.15) is 0 Å². The third-order valence-corrected chi connectivity index (χ3v) is 2.14. The molecule has 0 amide bonds. The molecule has 2 N–H and O–H groups in total. The van der Waals surface area contributed by atoms with Crippen LogP contribution in [0.4, 0.5) is 5.82 Å². The van der Waals surface area contributed by atoms with E-state index in [2.05, 4.69) is 21.8 Å². The van der Waals surface area contributed by atoms with Crippen molar-refractivity contribution >= 4 is 12.5 Å². The largest absolute Gasteiger partial charge is 0.390 e. The van der Waals surface area contributed by atoms with Crippen molar-refractivity contribution in [1.82, 2.24) is 9.97 Å². The lowest BCUT2D eigenvalue weighted by Gasteiger charge is -2.03. The number of hydrogen-bond acceptors (Lipinski definition) is 5. The number of rotatable bonds is 4. The number of nitrogen functional groups attached to an aromatic ring is 1. The van der Waals surface area contributed by atoms with E-state index in [1.54, 1.807) is 6.07 Å². The molecule has 17 heavy (non-hydrogen) atoms. The van der Waals surface area contributed by atoms with E-state index in [1.165, 1.54) is 0 Å². The molecule has 0 spiro atoms. The normalized spacial score (nSPS) is 9.88. The Labute approximate surface area is 99.0 Å². The van der Waals surface area contributed by atoms with E-state index < -0.39 is 0 Å². The van der Waals surface area contributed by atoms with Gasteiger partial charge in [0.05, 0.1) is 17.1 Å². The van der Waals surface area contributed by atoms with E-state index in [0.29, 0.717) is 12.4 Å². The van der Waals surface area contributed by atoms with Gasteiger partial charge in [0.1, 0.15) is 5.82 Å². The molecule has 2 rings (SSSR count). The zero-order chi connectivity index (χ0) is 12.1. The Bertz CT molecular complexity index is 527. The lowest BCUT2D eigenvalue weighted by Crippen LogP contribution is -1.96. The molecule has 0 aliphatic carbocycles. The second-order valence-corrected chi connectivity index (χ2v) is 3.36. The standard InChI is InChI=1S/C12H12N4O/c1-14-17-8-9-4-2-5-10(15-9)11-6-3-7-12(13)16-11/h2-7H,1,8H2,(H2,13,16). The van der Waals surface area contributed by atoms with Crippen molar-refractivity contribution in [3.8, 4) is 11.4 Å². The highest BCUT2D eigenvalue weighted by molar-refractivity contribution is 5.56. The predicted molar refractivity (Wildman–Crippen MR) is 66.2 cm³/mol. The molecule has 0 atom stereocenters. The second kappa shape index (κ2) is 5.07. The Morgan fingerprint density at radius 2 is 1.82 bits per heavy atom. The molecular weight excluding hydrogens is 216 g/mol. The molecule has 2 aromatic heterocycles. The van der Waals surface area contributed by atoms with Gasteiger partial charge in [0.25, 0.3) is 0 Å². The highest BCUT2D eigenvalue weighted by Crippen LogP contribution is 2.16. The van der Waals surface area contributed by atoms with Crippen molar-refractivity contribution in [1.29, 1.82) is 0 Å². The molecule has 0 unspecified atom stereocenters. The van der Waals surface area contributed by atoms with Crippen LogP contribution < -0.4 is 5.73 Å². The van der Waals surface area contributed by atoms with Gasteiger partial charge in [0, 0.05) is 6.72 Å². The van der Waals surface area contributed by atoms with Crippen LogP contribution in [0.3, 0.4) is 0 Å². The Morgan fingerprint density at radius 3 is 2.53 bits per heavy atom. The molecule has 86 valence electrons. The van der Waals surface area contributed by atoms with Crippen LogP contribution in [0.25, 0.3) is 11.4 Å². The van der Waals surface area contributed by atoms with E-state index >= 15 is 0 Å². The van der Waals surface area contributed by atoms with Gasteiger partial charge in [-0.05, 0) is 24.3 Å². The fraction of sp³-hybridized carbons (Fsp3) is 0.0833. The van der Waals surface area contributed by atoms with Crippen LogP contribution in [0, 0.1) is 0 Å². The summed E-state index contributed by atoms with van der Waals surface area (Å²) in [5, 5.41) is 3.32. The van der Waals surface area contributed by atoms with Crippen molar-refractivity contribution in [3.63, 3.8) is 0 Å². The zero-order valence-corrected chi connectivity index (χ0v) is 9.21. The van der Waals surface area contributed by atoms with Crippen LogP contribution in [-0.4, -0.2) is 16.7 Å². The monoisotopic (exact) mass is 228 g/mol. The van der Waals surface area contributed by atoms with Gasteiger partial charge < -0.3 is 10.6 Å². The Balaban J connectivity index is 2.29. The first-order valence-electron chi connectivity index (χ1n) is 5.06. The molecule has 0 aliphatic heterocycles. The average Bonchev–Trinajstić information content (AvgIpc) is 2.37. The van der Waals surface area contributed by atoms with Gasteiger partial charge in [0.15, 0.2) is 6.61 Å². The topological polar surface area (TPSA) is 73.4 Å². The quantitative estimate of drug-likeness (QED) is 0.640. The van der Waals surface area contributed by atoms with Crippen molar-refractivity contribution in [2.75, 3.05) is 5.73 Å². The molecule has 0 bridgehead atoms. The SMILES string of the molecule is C=NOCc1cccc(-c2cccc(N)n2)n1. The molecule has 0 aromatic carbocycles. The first-order valence-corrected chi connectivity index (χ1v) is 5.06. The summed E-state index contributed by atoms with van der Waals surface area (Å²) in [6.07, 6.45) is 0. The summed E-state index contributed by atoms with van der Waals surface area (Å²) in [6, 6.07) is 11.0. The molecule has 0 fully saturated rings. The van der Waals surface area contributed by atoms with E-state index in [4.69, 9.17) is 10.6 Å².